The van der Waals surface area contributed by atoms with E-state index in [2.05, 4.69) is 5.32 Å². The Morgan fingerprint density at radius 1 is 1.22 bits per heavy atom. The third kappa shape index (κ3) is 4.13. The number of amides is 1. The van der Waals surface area contributed by atoms with Gasteiger partial charge in [0.15, 0.2) is 0 Å². The van der Waals surface area contributed by atoms with Gasteiger partial charge in [0.1, 0.15) is 5.82 Å². The van der Waals surface area contributed by atoms with E-state index in [9.17, 15) is 9.18 Å². The molecule has 98 valence electrons. The molecule has 0 heterocycles. The zero-order chi connectivity index (χ0) is 12.8. The number of carbonyl (C=O) groups excluding carboxylic acids is 1. The van der Waals surface area contributed by atoms with E-state index in [0.29, 0.717) is 18.8 Å². The van der Waals surface area contributed by atoms with Crippen molar-refractivity contribution in [3.05, 3.63) is 35.6 Å². The number of hydrogen-bond donors (Lipinski definition) is 1. The summed E-state index contributed by atoms with van der Waals surface area (Å²) in [5, 5.41) is 2.99. The molecule has 1 N–H and O–H groups in total. The maximum Gasteiger partial charge on any atom is 0.220 e. The van der Waals surface area contributed by atoms with E-state index in [1.807, 2.05) is 0 Å². The van der Waals surface area contributed by atoms with Crippen LogP contribution in [0.1, 0.15) is 37.7 Å². The van der Waals surface area contributed by atoms with Gasteiger partial charge in [0.05, 0.1) is 0 Å². The molecule has 0 atom stereocenters. The summed E-state index contributed by atoms with van der Waals surface area (Å²) in [6, 6.07) is 6.34. The summed E-state index contributed by atoms with van der Waals surface area (Å²) < 4.78 is 12.7. The highest BCUT2D eigenvalue weighted by Crippen LogP contribution is 2.23. The molecule has 3 heteroatoms. The molecular weight excluding hydrogens is 229 g/mol. The molecule has 1 amide bonds. The Labute approximate surface area is 108 Å². The van der Waals surface area contributed by atoms with Gasteiger partial charge in [-0.05, 0) is 42.9 Å². The van der Waals surface area contributed by atoms with Gasteiger partial charge in [-0.25, -0.2) is 4.39 Å². The molecule has 2 nitrogen and oxygen atoms in total. The zero-order valence-electron chi connectivity index (χ0n) is 10.6. The van der Waals surface area contributed by atoms with Crippen LogP contribution < -0.4 is 5.32 Å². The zero-order valence-corrected chi connectivity index (χ0v) is 10.6. The smallest absolute Gasteiger partial charge is 0.220 e. The molecule has 0 saturated heterocycles. The number of rotatable bonds is 5. The van der Waals surface area contributed by atoms with Crippen LogP contribution in [0.2, 0.25) is 0 Å². The fraction of sp³-hybridized carbons (Fsp3) is 0.533. The van der Waals surface area contributed by atoms with Crippen LogP contribution >= 0.6 is 0 Å². The molecule has 18 heavy (non-hydrogen) atoms. The summed E-state index contributed by atoms with van der Waals surface area (Å²) in [6.07, 6.45) is 6.26. The number of carbonyl (C=O) groups is 1. The fourth-order valence-corrected chi connectivity index (χ4v) is 2.47. The lowest BCUT2D eigenvalue weighted by Crippen LogP contribution is -2.28. The molecule has 0 bridgehead atoms. The Morgan fingerprint density at radius 2 is 1.89 bits per heavy atom. The first-order chi connectivity index (χ1) is 8.74. The SMILES string of the molecule is O=C(CCc1ccc(F)cc1)NCC1CCCC1. The molecule has 1 aromatic rings. The summed E-state index contributed by atoms with van der Waals surface area (Å²) in [5.74, 6) is 0.551. The maximum absolute atomic E-state index is 12.7. The number of halogens is 1. The standard InChI is InChI=1S/C15H20FNO/c16-14-8-5-12(6-9-14)7-10-15(18)17-11-13-3-1-2-4-13/h5-6,8-9,13H,1-4,7,10-11H2,(H,17,18). The first kappa shape index (κ1) is 13.1. The molecule has 1 saturated carbocycles. The minimum atomic E-state index is -0.232. The Bertz CT molecular complexity index is 382. The van der Waals surface area contributed by atoms with Crippen molar-refractivity contribution < 1.29 is 9.18 Å². The van der Waals surface area contributed by atoms with Gasteiger partial charge < -0.3 is 5.32 Å². The Hall–Kier alpha value is -1.38. The van der Waals surface area contributed by atoms with E-state index in [0.717, 1.165) is 12.1 Å². The van der Waals surface area contributed by atoms with Crippen molar-refractivity contribution in [2.24, 2.45) is 5.92 Å². The lowest BCUT2D eigenvalue weighted by atomic mass is 10.1. The number of aryl methyl sites for hydroxylation is 1. The number of hydrogen-bond acceptors (Lipinski definition) is 1. The van der Waals surface area contributed by atoms with Crippen LogP contribution in [0, 0.1) is 11.7 Å². The Kier molecular flexibility index (Phi) is 4.73. The predicted molar refractivity (Wildman–Crippen MR) is 69.7 cm³/mol. The highest BCUT2D eigenvalue weighted by Gasteiger charge is 2.15. The summed E-state index contributed by atoms with van der Waals surface area (Å²) in [4.78, 5) is 11.7. The highest BCUT2D eigenvalue weighted by atomic mass is 19.1. The van der Waals surface area contributed by atoms with E-state index in [1.165, 1.54) is 37.8 Å². The summed E-state index contributed by atoms with van der Waals surface area (Å²) in [6.45, 7) is 0.822. The van der Waals surface area contributed by atoms with Gasteiger partial charge in [0.25, 0.3) is 0 Å². The number of nitrogens with one attached hydrogen (secondary N) is 1. The Balaban J connectivity index is 1.66. The molecule has 1 aromatic carbocycles. The van der Waals surface area contributed by atoms with Gasteiger partial charge in [-0.15, -0.1) is 0 Å². The quantitative estimate of drug-likeness (QED) is 0.853. The van der Waals surface area contributed by atoms with Crippen molar-refractivity contribution in [2.45, 2.75) is 38.5 Å². The van der Waals surface area contributed by atoms with Gasteiger partial charge in [-0.2, -0.15) is 0 Å². The van der Waals surface area contributed by atoms with Crippen molar-refractivity contribution in [3.63, 3.8) is 0 Å². The second-order valence-electron chi connectivity index (χ2n) is 5.08. The molecule has 2 rings (SSSR count). The van der Waals surface area contributed by atoms with E-state index < -0.39 is 0 Å². The molecule has 0 unspecified atom stereocenters. The van der Waals surface area contributed by atoms with Crippen molar-refractivity contribution in [3.8, 4) is 0 Å². The van der Waals surface area contributed by atoms with Gasteiger partial charge in [-0.3, -0.25) is 4.79 Å². The molecule has 0 radical (unpaired) electrons. The molecule has 0 spiro atoms. The largest absolute Gasteiger partial charge is 0.356 e. The fourth-order valence-electron chi connectivity index (χ4n) is 2.47. The monoisotopic (exact) mass is 249 g/mol. The van der Waals surface area contributed by atoms with Gasteiger partial charge in [0, 0.05) is 13.0 Å². The second-order valence-corrected chi connectivity index (χ2v) is 5.08. The van der Waals surface area contributed by atoms with E-state index >= 15 is 0 Å². The first-order valence-corrected chi connectivity index (χ1v) is 6.75. The first-order valence-electron chi connectivity index (χ1n) is 6.75. The van der Waals surface area contributed by atoms with Crippen LogP contribution in [0.3, 0.4) is 0 Å². The lowest BCUT2D eigenvalue weighted by Gasteiger charge is -2.10. The predicted octanol–water partition coefficient (Wildman–Crippen LogP) is 3.06. The number of benzene rings is 1. The minimum absolute atomic E-state index is 0.103. The molecule has 1 fully saturated rings. The lowest BCUT2D eigenvalue weighted by molar-refractivity contribution is -0.121. The van der Waals surface area contributed by atoms with E-state index in [1.54, 1.807) is 12.1 Å². The molecule has 1 aliphatic rings. The van der Waals surface area contributed by atoms with Crippen LogP contribution in [0.15, 0.2) is 24.3 Å². The summed E-state index contributed by atoms with van der Waals surface area (Å²) in [5.41, 5.74) is 1.01. The molecular formula is C15H20FNO. The molecule has 0 aliphatic heterocycles. The maximum atomic E-state index is 12.7. The van der Waals surface area contributed by atoms with Crippen LogP contribution in [0.25, 0.3) is 0 Å². The van der Waals surface area contributed by atoms with Crippen LogP contribution in [-0.4, -0.2) is 12.5 Å². The van der Waals surface area contributed by atoms with Gasteiger partial charge >= 0.3 is 0 Å². The molecule has 0 aromatic heterocycles. The van der Waals surface area contributed by atoms with E-state index in [-0.39, 0.29) is 11.7 Å². The van der Waals surface area contributed by atoms with Crippen LogP contribution in [-0.2, 0) is 11.2 Å². The van der Waals surface area contributed by atoms with Gasteiger partial charge in [-0.1, -0.05) is 25.0 Å². The molecule has 1 aliphatic carbocycles. The van der Waals surface area contributed by atoms with Crippen molar-refractivity contribution in [2.75, 3.05) is 6.54 Å². The third-order valence-corrected chi connectivity index (χ3v) is 3.62. The second kappa shape index (κ2) is 6.53. The summed E-state index contributed by atoms with van der Waals surface area (Å²) in [7, 11) is 0. The van der Waals surface area contributed by atoms with Crippen molar-refractivity contribution >= 4 is 5.91 Å². The minimum Gasteiger partial charge on any atom is -0.356 e. The third-order valence-electron chi connectivity index (χ3n) is 3.62. The van der Waals surface area contributed by atoms with Crippen molar-refractivity contribution in [1.82, 2.24) is 5.32 Å². The average Bonchev–Trinajstić information content (AvgIpc) is 2.89. The Morgan fingerprint density at radius 3 is 2.56 bits per heavy atom. The van der Waals surface area contributed by atoms with Gasteiger partial charge in [0.2, 0.25) is 5.91 Å². The van der Waals surface area contributed by atoms with Crippen molar-refractivity contribution in [1.29, 1.82) is 0 Å². The van der Waals surface area contributed by atoms with Crippen LogP contribution in [0.4, 0.5) is 4.39 Å². The highest BCUT2D eigenvalue weighted by molar-refractivity contribution is 5.76. The summed E-state index contributed by atoms with van der Waals surface area (Å²) >= 11 is 0. The normalized spacial score (nSPS) is 15.8. The topological polar surface area (TPSA) is 29.1 Å². The van der Waals surface area contributed by atoms with Crippen LogP contribution in [0.5, 0.6) is 0 Å². The average molecular weight is 249 g/mol. The van der Waals surface area contributed by atoms with E-state index in [4.69, 9.17) is 0 Å².